The van der Waals surface area contributed by atoms with Crippen LogP contribution in [-0.2, 0) is 42.2 Å². The standard InChI is InChI=1S/C33H40N2O5S2.C5H11NO4S/c1-23-9-7-8-12-28(23)30-20-25(13-16-29(30)32(36)34-31(33(37)38)17-18-42(3,39)40)21-35-26(14-15-27(35)22-41-2)19-24-10-5-4-6-11-24;1-11(9,10)3-2-4(6)5(7)8/h4-13,16,20,26-27,31H,14-15,17-19,21-22H2,1-3H3,(H,34,36)(H,37,38);4H,2-3,6H2,1H3,(H,7,8)/t26-,27+,31?;/m0./s1. The molecule has 1 heterocycles. The van der Waals surface area contributed by atoms with Crippen LogP contribution in [0.2, 0.25) is 0 Å². The van der Waals surface area contributed by atoms with Crippen molar-refractivity contribution in [2.45, 2.75) is 69.7 Å². The molecule has 5 N–H and O–H groups in total. The minimum Gasteiger partial charge on any atom is -0.480 e. The zero-order valence-electron chi connectivity index (χ0n) is 30.6. The predicted octanol–water partition coefficient (Wildman–Crippen LogP) is 4.05. The quantitative estimate of drug-likeness (QED) is 0.153. The molecule has 1 fully saturated rings. The van der Waals surface area contributed by atoms with Crippen LogP contribution in [0.1, 0.15) is 52.7 Å². The van der Waals surface area contributed by atoms with E-state index in [1.165, 1.54) is 5.56 Å². The highest BCUT2D eigenvalue weighted by molar-refractivity contribution is 7.98. The summed E-state index contributed by atoms with van der Waals surface area (Å²) in [6.07, 6.45) is 7.27. The van der Waals surface area contributed by atoms with Crippen molar-refractivity contribution in [2.75, 3.05) is 36.0 Å². The molecule has 53 heavy (non-hydrogen) atoms. The Kier molecular flexibility index (Phi) is 16.5. The van der Waals surface area contributed by atoms with Crippen LogP contribution in [0.3, 0.4) is 0 Å². The number of carboxylic acid groups (broad SMARTS) is 2. The summed E-state index contributed by atoms with van der Waals surface area (Å²) in [5, 5.41) is 20.5. The number of nitrogens with one attached hydrogen (secondary N) is 1. The Morgan fingerprint density at radius 2 is 1.43 bits per heavy atom. The van der Waals surface area contributed by atoms with Crippen molar-refractivity contribution >= 4 is 49.3 Å². The first kappa shape index (κ1) is 43.6. The van der Waals surface area contributed by atoms with Crippen LogP contribution < -0.4 is 11.1 Å². The molecule has 290 valence electrons. The number of carbonyl (C=O) groups is 3. The van der Waals surface area contributed by atoms with E-state index in [4.69, 9.17) is 10.8 Å². The Hall–Kier alpha value is -3.76. The summed E-state index contributed by atoms with van der Waals surface area (Å²) >= 11 is 1.86. The smallest absolute Gasteiger partial charge is 0.326 e. The van der Waals surface area contributed by atoms with E-state index in [-0.39, 0.29) is 24.3 Å². The third-order valence-electron chi connectivity index (χ3n) is 9.07. The molecule has 1 amide bonds. The summed E-state index contributed by atoms with van der Waals surface area (Å²) in [5.74, 6) is -2.43. The molecule has 0 aromatic heterocycles. The van der Waals surface area contributed by atoms with Crippen LogP contribution in [0.4, 0.5) is 0 Å². The average Bonchev–Trinajstić information content (AvgIpc) is 3.45. The van der Waals surface area contributed by atoms with Crippen LogP contribution >= 0.6 is 11.8 Å². The molecule has 1 aliphatic rings. The van der Waals surface area contributed by atoms with Crippen LogP contribution in [0, 0.1) is 6.92 Å². The average molecular weight is 790 g/mol. The van der Waals surface area contributed by atoms with Crippen molar-refractivity contribution in [1.82, 2.24) is 10.2 Å². The van der Waals surface area contributed by atoms with E-state index in [0.29, 0.717) is 17.6 Å². The lowest BCUT2D eigenvalue weighted by Crippen LogP contribution is -2.42. The van der Waals surface area contributed by atoms with Crippen molar-refractivity contribution in [1.29, 1.82) is 0 Å². The highest BCUT2D eigenvalue weighted by atomic mass is 32.2. The first-order valence-corrected chi connectivity index (χ1v) is 22.7. The Balaban J connectivity index is 0.000000595. The minimum absolute atomic E-state index is 0.0336. The summed E-state index contributed by atoms with van der Waals surface area (Å²) in [7, 11) is -6.48. The molecule has 2 unspecified atom stereocenters. The van der Waals surface area contributed by atoms with Gasteiger partial charge in [-0.3, -0.25) is 14.5 Å². The number of carboxylic acids is 2. The van der Waals surface area contributed by atoms with Gasteiger partial charge < -0.3 is 21.3 Å². The summed E-state index contributed by atoms with van der Waals surface area (Å²) < 4.78 is 44.3. The Bertz CT molecular complexity index is 1920. The number of nitrogens with two attached hydrogens (primary N) is 1. The Morgan fingerprint density at radius 3 is 2.02 bits per heavy atom. The number of amides is 1. The number of hydrogen-bond acceptors (Lipinski definition) is 10. The molecule has 0 aliphatic carbocycles. The van der Waals surface area contributed by atoms with E-state index in [2.05, 4.69) is 46.8 Å². The van der Waals surface area contributed by atoms with Crippen molar-refractivity contribution in [3.63, 3.8) is 0 Å². The van der Waals surface area contributed by atoms with Crippen molar-refractivity contribution < 1.29 is 41.4 Å². The van der Waals surface area contributed by atoms with Crippen molar-refractivity contribution in [3.8, 4) is 11.1 Å². The first-order chi connectivity index (χ1) is 24.9. The third-order valence-corrected chi connectivity index (χ3v) is 11.7. The molecular formula is C38H51N3O9S3. The topological polar surface area (TPSA) is 201 Å². The fourth-order valence-corrected chi connectivity index (χ4v) is 8.32. The molecule has 0 bridgehead atoms. The summed E-state index contributed by atoms with van der Waals surface area (Å²) in [4.78, 5) is 38.1. The number of aliphatic carboxylic acids is 2. The second-order valence-corrected chi connectivity index (χ2v) is 19.0. The zero-order valence-corrected chi connectivity index (χ0v) is 33.1. The zero-order chi connectivity index (χ0) is 39.3. The molecule has 15 heteroatoms. The summed E-state index contributed by atoms with van der Waals surface area (Å²) in [6, 6.07) is 22.7. The van der Waals surface area contributed by atoms with Gasteiger partial charge in [0, 0.05) is 42.5 Å². The van der Waals surface area contributed by atoms with Gasteiger partial charge in [0.1, 0.15) is 31.8 Å². The summed E-state index contributed by atoms with van der Waals surface area (Å²) in [5.41, 5.74) is 10.5. The van der Waals surface area contributed by atoms with Gasteiger partial charge in [0.25, 0.3) is 5.91 Å². The number of hydrogen-bond donors (Lipinski definition) is 4. The molecule has 0 radical (unpaired) electrons. The number of benzene rings is 3. The van der Waals surface area contributed by atoms with Gasteiger partial charge in [-0.2, -0.15) is 11.8 Å². The van der Waals surface area contributed by atoms with E-state index in [1.54, 1.807) is 6.07 Å². The van der Waals surface area contributed by atoms with E-state index in [1.807, 2.05) is 55.1 Å². The molecule has 3 aromatic carbocycles. The van der Waals surface area contributed by atoms with Crippen molar-refractivity contribution in [2.24, 2.45) is 5.73 Å². The number of aryl methyl sites for hydroxylation is 1. The lowest BCUT2D eigenvalue weighted by Gasteiger charge is -2.30. The van der Waals surface area contributed by atoms with Gasteiger partial charge in [-0.15, -0.1) is 0 Å². The number of likely N-dealkylation sites (tertiary alicyclic amines) is 1. The van der Waals surface area contributed by atoms with E-state index in [9.17, 15) is 36.3 Å². The maximum Gasteiger partial charge on any atom is 0.326 e. The van der Waals surface area contributed by atoms with Crippen LogP contribution in [0.25, 0.3) is 11.1 Å². The predicted molar refractivity (Wildman–Crippen MR) is 211 cm³/mol. The number of rotatable bonds is 17. The number of nitrogens with zero attached hydrogens (tertiary/aromatic N) is 1. The van der Waals surface area contributed by atoms with E-state index < -0.39 is 49.6 Å². The molecule has 1 aliphatic heterocycles. The lowest BCUT2D eigenvalue weighted by atomic mass is 9.93. The Labute approximate surface area is 317 Å². The van der Waals surface area contributed by atoms with E-state index >= 15 is 0 Å². The molecule has 0 spiro atoms. The second kappa shape index (κ2) is 20.1. The molecule has 3 aromatic rings. The van der Waals surface area contributed by atoms with Crippen LogP contribution in [-0.4, -0.2) is 110 Å². The highest BCUT2D eigenvalue weighted by Crippen LogP contribution is 2.33. The second-order valence-electron chi connectivity index (χ2n) is 13.5. The van der Waals surface area contributed by atoms with Crippen LogP contribution in [0.5, 0.6) is 0 Å². The Morgan fingerprint density at radius 1 is 0.830 bits per heavy atom. The summed E-state index contributed by atoms with van der Waals surface area (Å²) in [6.45, 7) is 2.73. The first-order valence-electron chi connectivity index (χ1n) is 17.2. The van der Waals surface area contributed by atoms with Gasteiger partial charge in [-0.1, -0.05) is 60.7 Å². The number of thioether (sulfide) groups is 1. The van der Waals surface area contributed by atoms with Gasteiger partial charge in [-0.25, -0.2) is 21.6 Å². The van der Waals surface area contributed by atoms with Crippen molar-refractivity contribution in [3.05, 3.63) is 95.1 Å². The SMILES string of the molecule is CS(=O)(=O)CCC(N)C(=O)O.CSC[C@H]1CC[C@@H](Cc2ccccc2)N1Cc1ccc(C(=O)NC(CCS(C)(=O)=O)C(=O)O)c(-c2ccccc2C)c1. The maximum atomic E-state index is 13.5. The number of carbonyl (C=O) groups excluding carboxylic acids is 1. The minimum atomic E-state index is -3.38. The fraction of sp³-hybridized carbons (Fsp3) is 0.447. The fourth-order valence-electron chi connectivity index (χ4n) is 6.24. The van der Waals surface area contributed by atoms with Gasteiger partial charge in [-0.05, 0) is 85.2 Å². The molecule has 12 nitrogen and oxygen atoms in total. The van der Waals surface area contributed by atoms with Gasteiger partial charge in [0.15, 0.2) is 0 Å². The van der Waals surface area contributed by atoms with Gasteiger partial charge in [0.05, 0.1) is 11.5 Å². The molecule has 4 rings (SSSR count). The van der Waals surface area contributed by atoms with Gasteiger partial charge in [0.2, 0.25) is 0 Å². The maximum absolute atomic E-state index is 13.5. The third kappa shape index (κ3) is 14.5. The highest BCUT2D eigenvalue weighted by Gasteiger charge is 2.33. The lowest BCUT2D eigenvalue weighted by molar-refractivity contribution is -0.139. The molecular weight excluding hydrogens is 739 g/mol. The monoisotopic (exact) mass is 789 g/mol. The van der Waals surface area contributed by atoms with E-state index in [0.717, 1.165) is 66.3 Å². The number of sulfone groups is 2. The molecule has 4 atom stereocenters. The van der Waals surface area contributed by atoms with Gasteiger partial charge >= 0.3 is 11.9 Å². The van der Waals surface area contributed by atoms with Crippen LogP contribution in [0.15, 0.2) is 72.8 Å². The normalized spacial score (nSPS) is 17.3. The molecule has 0 saturated carbocycles. The largest absolute Gasteiger partial charge is 0.480 e. The molecule has 1 saturated heterocycles.